The summed E-state index contributed by atoms with van der Waals surface area (Å²) in [6, 6.07) is 16.6. The fourth-order valence-corrected chi connectivity index (χ4v) is 2.86. The summed E-state index contributed by atoms with van der Waals surface area (Å²) in [5, 5.41) is 2.80. The van der Waals surface area contributed by atoms with Gasteiger partial charge in [0.05, 0.1) is 6.04 Å². The zero-order valence-electron chi connectivity index (χ0n) is 12.7. The molecule has 1 heterocycles. The van der Waals surface area contributed by atoms with Gasteiger partial charge in [0.1, 0.15) is 12.4 Å². The molecule has 0 spiro atoms. The molecule has 0 atom stereocenters. The van der Waals surface area contributed by atoms with Crippen LogP contribution in [0, 0.1) is 0 Å². The Bertz CT molecular complexity index is 637. The number of carbonyl (C=O) groups excluding carboxylic acids is 1. The molecule has 0 bridgehead atoms. The Kier molecular flexibility index (Phi) is 5.31. The Morgan fingerprint density at radius 2 is 1.74 bits per heavy atom. The second-order valence-corrected chi connectivity index (χ2v) is 6.65. The van der Waals surface area contributed by atoms with Gasteiger partial charge in [-0.1, -0.05) is 40.2 Å². The van der Waals surface area contributed by atoms with E-state index in [1.807, 2.05) is 36.4 Å². The van der Waals surface area contributed by atoms with Gasteiger partial charge >= 0.3 is 0 Å². The molecule has 1 saturated heterocycles. The molecule has 2 aromatic carbocycles. The molecule has 5 heteroatoms. The van der Waals surface area contributed by atoms with Crippen molar-refractivity contribution >= 4 is 22.3 Å². The van der Waals surface area contributed by atoms with Crippen molar-refractivity contribution in [1.29, 1.82) is 0 Å². The largest absolute Gasteiger partial charge is 0.489 e. The second kappa shape index (κ2) is 7.62. The van der Waals surface area contributed by atoms with Crippen LogP contribution in [0.4, 0.5) is 0 Å². The van der Waals surface area contributed by atoms with Crippen LogP contribution in [0.1, 0.15) is 11.1 Å². The first kappa shape index (κ1) is 16.0. The van der Waals surface area contributed by atoms with E-state index in [1.165, 1.54) is 5.56 Å². The Labute approximate surface area is 144 Å². The van der Waals surface area contributed by atoms with Crippen molar-refractivity contribution in [2.75, 3.05) is 13.1 Å². The van der Waals surface area contributed by atoms with Gasteiger partial charge in [-0.15, -0.1) is 0 Å². The number of halogens is 1. The molecule has 1 fully saturated rings. The van der Waals surface area contributed by atoms with E-state index in [0.29, 0.717) is 12.6 Å². The number of amides is 1. The molecule has 0 saturated carbocycles. The van der Waals surface area contributed by atoms with Crippen LogP contribution in [0.5, 0.6) is 5.75 Å². The lowest BCUT2D eigenvalue weighted by Gasteiger charge is -2.38. The topological polar surface area (TPSA) is 41.6 Å². The van der Waals surface area contributed by atoms with Gasteiger partial charge in [0.25, 0.3) is 0 Å². The Morgan fingerprint density at radius 3 is 2.39 bits per heavy atom. The molecular weight excluding hydrogens is 356 g/mol. The van der Waals surface area contributed by atoms with E-state index in [0.717, 1.165) is 41.8 Å². The van der Waals surface area contributed by atoms with E-state index < -0.39 is 0 Å². The maximum Gasteiger partial charge on any atom is 0.207 e. The summed E-state index contributed by atoms with van der Waals surface area (Å²) in [4.78, 5) is 12.6. The van der Waals surface area contributed by atoms with E-state index in [-0.39, 0.29) is 0 Å². The first-order valence-electron chi connectivity index (χ1n) is 7.61. The number of hydrogen-bond acceptors (Lipinski definition) is 3. The zero-order valence-corrected chi connectivity index (χ0v) is 14.3. The number of ether oxygens (including phenoxy) is 1. The van der Waals surface area contributed by atoms with Crippen LogP contribution in [-0.4, -0.2) is 30.4 Å². The highest BCUT2D eigenvalue weighted by Gasteiger charge is 2.25. The average molecular weight is 375 g/mol. The molecule has 3 rings (SSSR count). The first-order chi connectivity index (χ1) is 11.2. The third-order valence-electron chi connectivity index (χ3n) is 3.91. The number of likely N-dealkylation sites (tertiary alicyclic amines) is 1. The minimum Gasteiger partial charge on any atom is -0.489 e. The molecule has 1 amide bonds. The number of rotatable bonds is 7. The minimum atomic E-state index is 0.306. The Hall–Kier alpha value is -1.85. The summed E-state index contributed by atoms with van der Waals surface area (Å²) in [6.45, 7) is 3.31. The number of nitrogens with zero attached hydrogens (tertiary/aromatic N) is 1. The molecular formula is C18H19BrN2O2. The zero-order chi connectivity index (χ0) is 16.1. The van der Waals surface area contributed by atoms with Gasteiger partial charge in [0.15, 0.2) is 0 Å². The standard InChI is InChI=1S/C18H19BrN2O2/c19-16-5-1-15(2-6-16)12-23-18-7-3-14(4-8-18)9-21-10-17(11-21)20-13-22/h1-8,13,17H,9-12H2,(H,20,22). The van der Waals surface area contributed by atoms with Gasteiger partial charge in [-0.3, -0.25) is 9.69 Å². The normalized spacial score (nSPS) is 15.0. The molecule has 1 N–H and O–H groups in total. The van der Waals surface area contributed by atoms with Crippen LogP contribution < -0.4 is 10.1 Å². The highest BCUT2D eigenvalue weighted by Crippen LogP contribution is 2.18. The highest BCUT2D eigenvalue weighted by molar-refractivity contribution is 9.10. The first-order valence-corrected chi connectivity index (χ1v) is 8.40. The van der Waals surface area contributed by atoms with Gasteiger partial charge in [-0.2, -0.15) is 0 Å². The van der Waals surface area contributed by atoms with Crippen LogP contribution in [0.2, 0.25) is 0 Å². The van der Waals surface area contributed by atoms with Crippen molar-refractivity contribution in [2.45, 2.75) is 19.2 Å². The predicted molar refractivity (Wildman–Crippen MR) is 93.2 cm³/mol. The average Bonchev–Trinajstić information content (AvgIpc) is 2.54. The molecule has 0 aliphatic carbocycles. The van der Waals surface area contributed by atoms with Crippen LogP contribution >= 0.6 is 15.9 Å². The smallest absolute Gasteiger partial charge is 0.207 e. The van der Waals surface area contributed by atoms with Gasteiger partial charge in [0.2, 0.25) is 6.41 Å². The van der Waals surface area contributed by atoms with Gasteiger partial charge < -0.3 is 10.1 Å². The summed E-state index contributed by atoms with van der Waals surface area (Å²) >= 11 is 3.43. The summed E-state index contributed by atoms with van der Waals surface area (Å²) in [7, 11) is 0. The molecule has 1 aliphatic rings. The summed E-state index contributed by atoms with van der Waals surface area (Å²) in [5.74, 6) is 0.876. The van der Waals surface area contributed by atoms with Crippen molar-refractivity contribution in [1.82, 2.24) is 10.2 Å². The van der Waals surface area contributed by atoms with E-state index in [1.54, 1.807) is 0 Å². The lowest BCUT2D eigenvalue weighted by molar-refractivity contribution is -0.111. The second-order valence-electron chi connectivity index (χ2n) is 5.73. The van der Waals surface area contributed by atoms with Gasteiger partial charge in [-0.25, -0.2) is 0 Å². The maximum atomic E-state index is 10.3. The Balaban J connectivity index is 1.46. The maximum absolute atomic E-state index is 10.3. The van der Waals surface area contributed by atoms with Crippen molar-refractivity contribution in [3.63, 3.8) is 0 Å². The third-order valence-corrected chi connectivity index (χ3v) is 4.44. The summed E-state index contributed by atoms with van der Waals surface area (Å²) < 4.78 is 6.87. The van der Waals surface area contributed by atoms with Crippen molar-refractivity contribution in [3.05, 3.63) is 64.1 Å². The highest BCUT2D eigenvalue weighted by atomic mass is 79.9. The Morgan fingerprint density at radius 1 is 1.09 bits per heavy atom. The van der Waals surface area contributed by atoms with Crippen LogP contribution in [0.15, 0.2) is 53.0 Å². The van der Waals surface area contributed by atoms with Gasteiger partial charge in [-0.05, 0) is 35.4 Å². The molecule has 1 aliphatic heterocycles. The van der Waals surface area contributed by atoms with Crippen LogP contribution in [0.25, 0.3) is 0 Å². The molecule has 2 aromatic rings. The van der Waals surface area contributed by atoms with E-state index >= 15 is 0 Å². The predicted octanol–water partition coefficient (Wildman–Crippen LogP) is 2.96. The number of hydrogen-bond donors (Lipinski definition) is 1. The fourth-order valence-electron chi connectivity index (χ4n) is 2.60. The number of carbonyl (C=O) groups is 1. The molecule has 0 unspecified atom stereocenters. The minimum absolute atomic E-state index is 0.306. The van der Waals surface area contributed by atoms with Crippen molar-refractivity contribution in [3.8, 4) is 5.75 Å². The molecule has 0 radical (unpaired) electrons. The molecule has 0 aromatic heterocycles. The lowest BCUT2D eigenvalue weighted by Crippen LogP contribution is -2.56. The van der Waals surface area contributed by atoms with E-state index in [9.17, 15) is 4.79 Å². The molecule has 4 nitrogen and oxygen atoms in total. The third kappa shape index (κ3) is 4.56. The lowest BCUT2D eigenvalue weighted by atomic mass is 10.1. The fraction of sp³-hybridized carbons (Fsp3) is 0.278. The van der Waals surface area contributed by atoms with Gasteiger partial charge in [0, 0.05) is 24.1 Å². The SMILES string of the molecule is O=CNC1CN(Cc2ccc(OCc3ccc(Br)cc3)cc2)C1. The van der Waals surface area contributed by atoms with Crippen molar-refractivity contribution in [2.24, 2.45) is 0 Å². The van der Waals surface area contributed by atoms with Crippen LogP contribution in [0.3, 0.4) is 0 Å². The monoisotopic (exact) mass is 374 g/mol. The quantitative estimate of drug-likeness (QED) is 0.757. The van der Waals surface area contributed by atoms with E-state index in [2.05, 4.69) is 38.3 Å². The van der Waals surface area contributed by atoms with E-state index in [4.69, 9.17) is 4.74 Å². The van der Waals surface area contributed by atoms with Crippen molar-refractivity contribution < 1.29 is 9.53 Å². The van der Waals surface area contributed by atoms with Crippen LogP contribution in [-0.2, 0) is 17.9 Å². The molecule has 23 heavy (non-hydrogen) atoms. The molecule has 120 valence electrons. The number of benzene rings is 2. The number of nitrogens with one attached hydrogen (secondary N) is 1. The summed E-state index contributed by atoms with van der Waals surface area (Å²) in [6.07, 6.45) is 0.777. The summed E-state index contributed by atoms with van der Waals surface area (Å²) in [5.41, 5.74) is 2.40.